The summed E-state index contributed by atoms with van der Waals surface area (Å²) in [5.74, 6) is -0.840. The summed E-state index contributed by atoms with van der Waals surface area (Å²) in [5.41, 5.74) is 0.347. The largest absolute Gasteiger partial charge is 0.392 e. The maximum atomic E-state index is 13.7. The van der Waals surface area contributed by atoms with E-state index in [1.54, 1.807) is 11.8 Å². The van der Waals surface area contributed by atoms with Gasteiger partial charge in [0.05, 0.1) is 6.61 Å². The monoisotopic (exact) mass is 305 g/mol. The molecule has 0 saturated heterocycles. The van der Waals surface area contributed by atoms with Crippen LogP contribution in [-0.4, -0.2) is 31.1 Å². The standard InChI is InChI=1S/C12H16FNO3S2/c1-18-12(4-5-12)8-14-19(16,17)11-3-2-9(7-15)6-10(11)13/h2-3,6,14-15H,4-5,7-8H2,1H3. The van der Waals surface area contributed by atoms with Crippen LogP contribution in [0.15, 0.2) is 23.1 Å². The van der Waals surface area contributed by atoms with Crippen molar-refractivity contribution in [3.8, 4) is 0 Å². The van der Waals surface area contributed by atoms with Gasteiger partial charge in [0.15, 0.2) is 0 Å². The van der Waals surface area contributed by atoms with Crippen molar-refractivity contribution in [3.63, 3.8) is 0 Å². The van der Waals surface area contributed by atoms with E-state index < -0.39 is 15.8 Å². The summed E-state index contributed by atoms with van der Waals surface area (Å²) in [4.78, 5) is -0.374. The number of benzene rings is 1. The smallest absolute Gasteiger partial charge is 0.243 e. The van der Waals surface area contributed by atoms with Crippen LogP contribution in [0.4, 0.5) is 4.39 Å². The van der Waals surface area contributed by atoms with Crippen LogP contribution in [-0.2, 0) is 16.6 Å². The summed E-state index contributed by atoms with van der Waals surface area (Å²) in [6.07, 6.45) is 3.89. The van der Waals surface area contributed by atoms with Gasteiger partial charge < -0.3 is 5.11 Å². The lowest BCUT2D eigenvalue weighted by Crippen LogP contribution is -2.32. The highest BCUT2D eigenvalue weighted by Crippen LogP contribution is 2.46. The molecule has 2 N–H and O–H groups in total. The van der Waals surface area contributed by atoms with Crippen molar-refractivity contribution in [1.29, 1.82) is 0 Å². The van der Waals surface area contributed by atoms with Crippen molar-refractivity contribution in [2.45, 2.75) is 29.1 Å². The second kappa shape index (κ2) is 5.40. The summed E-state index contributed by atoms with van der Waals surface area (Å²) in [6, 6.07) is 3.62. The average molecular weight is 305 g/mol. The zero-order valence-corrected chi connectivity index (χ0v) is 12.2. The molecule has 1 saturated carbocycles. The van der Waals surface area contributed by atoms with E-state index in [0.29, 0.717) is 12.1 Å². The molecule has 1 fully saturated rings. The number of aliphatic hydroxyl groups excluding tert-OH is 1. The van der Waals surface area contributed by atoms with Gasteiger partial charge >= 0.3 is 0 Å². The summed E-state index contributed by atoms with van der Waals surface area (Å²) in [6.45, 7) is -0.00203. The Kier molecular flexibility index (Phi) is 4.20. The van der Waals surface area contributed by atoms with Crippen molar-refractivity contribution in [1.82, 2.24) is 4.72 Å². The van der Waals surface area contributed by atoms with Gasteiger partial charge in [0.2, 0.25) is 10.0 Å². The highest BCUT2D eigenvalue weighted by atomic mass is 32.2. The molecule has 1 aliphatic carbocycles. The topological polar surface area (TPSA) is 66.4 Å². The number of thioether (sulfide) groups is 1. The molecule has 1 aliphatic rings. The second-order valence-corrected chi connectivity index (χ2v) is 7.64. The molecule has 1 aromatic carbocycles. The molecule has 0 radical (unpaired) electrons. The minimum absolute atomic E-state index is 0.0193. The Bertz CT molecular complexity index is 570. The Balaban J connectivity index is 2.15. The number of hydrogen-bond donors (Lipinski definition) is 2. The average Bonchev–Trinajstić information content (AvgIpc) is 3.17. The van der Waals surface area contributed by atoms with E-state index in [4.69, 9.17) is 5.11 Å². The molecule has 0 unspecified atom stereocenters. The molecule has 0 amide bonds. The lowest BCUT2D eigenvalue weighted by Gasteiger charge is -2.14. The Morgan fingerprint density at radius 1 is 1.47 bits per heavy atom. The van der Waals surface area contributed by atoms with Gasteiger partial charge in [0.1, 0.15) is 10.7 Å². The third-order valence-electron chi connectivity index (χ3n) is 3.29. The van der Waals surface area contributed by atoms with Gasteiger partial charge in [-0.05, 0) is 36.8 Å². The second-order valence-electron chi connectivity index (χ2n) is 4.63. The van der Waals surface area contributed by atoms with Crippen molar-refractivity contribution in [2.24, 2.45) is 0 Å². The quantitative estimate of drug-likeness (QED) is 0.836. The maximum absolute atomic E-state index is 13.7. The molecular formula is C12H16FNO3S2. The maximum Gasteiger partial charge on any atom is 0.243 e. The first-order chi connectivity index (χ1) is 8.92. The van der Waals surface area contributed by atoms with E-state index in [-0.39, 0.29) is 16.2 Å². The first kappa shape index (κ1) is 14.8. The SMILES string of the molecule is CSC1(CNS(=O)(=O)c2ccc(CO)cc2F)CC1. The molecular weight excluding hydrogens is 289 g/mol. The zero-order chi connectivity index (χ0) is 14.1. The molecule has 0 spiro atoms. The van der Waals surface area contributed by atoms with Crippen LogP contribution in [0.2, 0.25) is 0 Å². The lowest BCUT2D eigenvalue weighted by atomic mass is 10.2. The highest BCUT2D eigenvalue weighted by Gasteiger charge is 2.42. The third-order valence-corrected chi connectivity index (χ3v) is 6.15. The fourth-order valence-corrected chi connectivity index (χ4v) is 3.76. The van der Waals surface area contributed by atoms with Gasteiger partial charge in [-0.15, -0.1) is 0 Å². The summed E-state index contributed by atoms with van der Waals surface area (Å²) in [5, 5.41) is 8.87. The van der Waals surface area contributed by atoms with E-state index in [0.717, 1.165) is 18.9 Å². The molecule has 0 heterocycles. The molecule has 2 rings (SSSR count). The molecule has 0 aliphatic heterocycles. The minimum Gasteiger partial charge on any atom is -0.392 e. The molecule has 7 heteroatoms. The first-order valence-electron chi connectivity index (χ1n) is 5.86. The van der Waals surface area contributed by atoms with Crippen LogP contribution in [0.25, 0.3) is 0 Å². The van der Waals surface area contributed by atoms with Crippen molar-refractivity contribution in [3.05, 3.63) is 29.6 Å². The Morgan fingerprint density at radius 3 is 2.63 bits per heavy atom. The normalized spacial score (nSPS) is 17.4. The number of hydrogen-bond acceptors (Lipinski definition) is 4. The van der Waals surface area contributed by atoms with E-state index in [2.05, 4.69) is 4.72 Å². The van der Waals surface area contributed by atoms with Gasteiger partial charge in [-0.1, -0.05) is 6.07 Å². The van der Waals surface area contributed by atoms with Crippen LogP contribution in [0.3, 0.4) is 0 Å². The predicted molar refractivity (Wildman–Crippen MR) is 73.0 cm³/mol. The van der Waals surface area contributed by atoms with E-state index >= 15 is 0 Å². The van der Waals surface area contributed by atoms with Crippen LogP contribution in [0.1, 0.15) is 18.4 Å². The highest BCUT2D eigenvalue weighted by molar-refractivity contribution is 8.00. The first-order valence-corrected chi connectivity index (χ1v) is 8.57. The van der Waals surface area contributed by atoms with Gasteiger partial charge in [-0.3, -0.25) is 0 Å². The van der Waals surface area contributed by atoms with Crippen LogP contribution >= 0.6 is 11.8 Å². The van der Waals surface area contributed by atoms with Crippen molar-refractivity contribution >= 4 is 21.8 Å². The Morgan fingerprint density at radius 2 is 2.16 bits per heavy atom. The number of halogens is 1. The fourth-order valence-electron chi connectivity index (χ4n) is 1.76. The van der Waals surface area contributed by atoms with Crippen LogP contribution in [0, 0.1) is 5.82 Å². The molecule has 0 bridgehead atoms. The molecule has 106 valence electrons. The van der Waals surface area contributed by atoms with Crippen molar-refractivity contribution in [2.75, 3.05) is 12.8 Å². The van der Waals surface area contributed by atoms with Gasteiger partial charge in [0.25, 0.3) is 0 Å². The number of nitrogens with one attached hydrogen (secondary N) is 1. The minimum atomic E-state index is -3.84. The Labute approximate surface area is 116 Å². The number of rotatable bonds is 6. The lowest BCUT2D eigenvalue weighted by molar-refractivity contribution is 0.281. The van der Waals surface area contributed by atoms with Crippen molar-refractivity contribution < 1.29 is 17.9 Å². The van der Waals surface area contributed by atoms with Gasteiger partial charge in [0, 0.05) is 11.3 Å². The number of aliphatic hydroxyl groups is 1. The van der Waals surface area contributed by atoms with Gasteiger partial charge in [-0.25, -0.2) is 17.5 Å². The van der Waals surface area contributed by atoms with E-state index in [1.165, 1.54) is 12.1 Å². The fraction of sp³-hybridized carbons (Fsp3) is 0.500. The van der Waals surface area contributed by atoms with Crippen LogP contribution < -0.4 is 4.72 Å². The molecule has 4 nitrogen and oxygen atoms in total. The summed E-state index contributed by atoms with van der Waals surface area (Å²) >= 11 is 1.63. The predicted octanol–water partition coefficient (Wildman–Crippen LogP) is 1.49. The molecule has 1 aromatic rings. The molecule has 0 atom stereocenters. The van der Waals surface area contributed by atoms with Crippen LogP contribution in [0.5, 0.6) is 0 Å². The Hall–Kier alpha value is -0.630. The zero-order valence-electron chi connectivity index (χ0n) is 10.5. The van der Waals surface area contributed by atoms with E-state index in [9.17, 15) is 12.8 Å². The van der Waals surface area contributed by atoms with E-state index in [1.807, 2.05) is 6.26 Å². The summed E-state index contributed by atoms with van der Waals surface area (Å²) in [7, 11) is -3.84. The third kappa shape index (κ3) is 3.28. The van der Waals surface area contributed by atoms with Gasteiger partial charge in [-0.2, -0.15) is 11.8 Å². The number of sulfonamides is 1. The molecule has 19 heavy (non-hydrogen) atoms. The molecule has 0 aromatic heterocycles. The summed E-state index contributed by atoms with van der Waals surface area (Å²) < 4.78 is 40.2.